The van der Waals surface area contributed by atoms with Crippen molar-refractivity contribution in [2.75, 3.05) is 0 Å². The molecule has 1 aromatic carbocycles. The summed E-state index contributed by atoms with van der Waals surface area (Å²) < 4.78 is 16.2. The first-order valence-electron chi connectivity index (χ1n) is 4.65. The molecule has 0 saturated heterocycles. The molecule has 17 heavy (non-hydrogen) atoms. The van der Waals surface area contributed by atoms with Crippen molar-refractivity contribution in [2.45, 2.75) is 6.04 Å². The largest absolute Gasteiger partial charge is 0.320 e. The fourth-order valence-electron chi connectivity index (χ4n) is 1.43. The van der Waals surface area contributed by atoms with Gasteiger partial charge < -0.3 is 5.73 Å². The summed E-state index contributed by atoms with van der Waals surface area (Å²) in [6, 6.07) is 6.58. The Labute approximate surface area is 128 Å². The molecule has 0 fully saturated rings. The van der Waals surface area contributed by atoms with E-state index in [2.05, 4.69) is 47.8 Å². The van der Waals surface area contributed by atoms with Crippen LogP contribution in [-0.4, -0.2) is 0 Å². The van der Waals surface area contributed by atoms with Crippen LogP contribution in [0.1, 0.15) is 16.5 Å². The lowest BCUT2D eigenvalue weighted by molar-refractivity contribution is 0.594. The molecule has 0 spiro atoms. The zero-order chi connectivity index (χ0) is 12.6. The van der Waals surface area contributed by atoms with E-state index in [-0.39, 0.29) is 5.82 Å². The minimum Gasteiger partial charge on any atom is -0.320 e. The SMILES string of the molecule is NC(c1cc(Br)c(Br)s1)c1cccc(Br)c1F. The number of hydrogen-bond donors (Lipinski definition) is 1. The first-order valence-corrected chi connectivity index (χ1v) is 7.84. The molecule has 0 aliphatic carbocycles. The van der Waals surface area contributed by atoms with Crippen LogP contribution in [-0.2, 0) is 0 Å². The van der Waals surface area contributed by atoms with Gasteiger partial charge in [0, 0.05) is 14.9 Å². The van der Waals surface area contributed by atoms with Crippen LogP contribution in [0.2, 0.25) is 0 Å². The van der Waals surface area contributed by atoms with Gasteiger partial charge in [0.2, 0.25) is 0 Å². The predicted molar refractivity (Wildman–Crippen MR) is 79.8 cm³/mol. The second-order valence-electron chi connectivity index (χ2n) is 3.39. The smallest absolute Gasteiger partial charge is 0.142 e. The van der Waals surface area contributed by atoms with Gasteiger partial charge in [-0.25, -0.2) is 4.39 Å². The summed E-state index contributed by atoms with van der Waals surface area (Å²) in [6.07, 6.45) is 0. The van der Waals surface area contributed by atoms with Gasteiger partial charge in [-0.3, -0.25) is 0 Å². The molecule has 6 heteroatoms. The average Bonchev–Trinajstić information content (AvgIpc) is 2.62. The number of benzene rings is 1. The van der Waals surface area contributed by atoms with Crippen molar-refractivity contribution in [2.24, 2.45) is 5.73 Å². The van der Waals surface area contributed by atoms with Crippen molar-refractivity contribution in [3.8, 4) is 0 Å². The third-order valence-corrected chi connectivity index (χ3v) is 6.24. The Morgan fingerprint density at radius 1 is 1.18 bits per heavy atom. The maximum absolute atomic E-state index is 13.9. The van der Waals surface area contributed by atoms with Crippen molar-refractivity contribution in [3.05, 3.63) is 53.3 Å². The molecule has 1 atom stereocenters. The minimum absolute atomic E-state index is 0.305. The highest BCUT2D eigenvalue weighted by Crippen LogP contribution is 2.37. The van der Waals surface area contributed by atoms with Crippen molar-refractivity contribution in [3.63, 3.8) is 0 Å². The van der Waals surface area contributed by atoms with Gasteiger partial charge in [-0.05, 0) is 59.9 Å². The van der Waals surface area contributed by atoms with E-state index in [1.807, 2.05) is 6.07 Å². The standard InChI is InChI=1S/C11H7Br3FNS/c12-6-3-1-2-5(9(6)15)10(16)8-4-7(13)11(14)17-8/h1-4,10H,16H2. The molecule has 0 saturated carbocycles. The van der Waals surface area contributed by atoms with E-state index in [0.717, 1.165) is 13.1 Å². The molecule has 90 valence electrons. The fourth-order valence-corrected chi connectivity index (χ4v) is 3.92. The van der Waals surface area contributed by atoms with Crippen LogP contribution in [0, 0.1) is 5.82 Å². The predicted octanol–water partition coefficient (Wildman–Crippen LogP) is 5.22. The van der Waals surface area contributed by atoms with Crippen LogP contribution in [0.3, 0.4) is 0 Å². The molecule has 1 aromatic heterocycles. The molecule has 1 heterocycles. The highest BCUT2D eigenvalue weighted by molar-refractivity contribution is 9.13. The molecule has 1 unspecified atom stereocenters. The van der Waals surface area contributed by atoms with E-state index in [4.69, 9.17) is 5.73 Å². The summed E-state index contributed by atoms with van der Waals surface area (Å²) in [5.74, 6) is -0.305. The topological polar surface area (TPSA) is 26.0 Å². The molecule has 2 rings (SSSR count). The summed E-state index contributed by atoms with van der Waals surface area (Å²) in [4.78, 5) is 0.903. The Morgan fingerprint density at radius 2 is 1.88 bits per heavy atom. The number of halogens is 4. The van der Waals surface area contributed by atoms with Crippen molar-refractivity contribution < 1.29 is 4.39 Å². The molecule has 0 aliphatic heterocycles. The monoisotopic (exact) mass is 441 g/mol. The lowest BCUT2D eigenvalue weighted by atomic mass is 10.1. The molecular formula is C11H7Br3FNS. The molecule has 1 nitrogen and oxygen atoms in total. The number of hydrogen-bond acceptors (Lipinski definition) is 2. The highest BCUT2D eigenvalue weighted by atomic mass is 79.9. The summed E-state index contributed by atoms with van der Waals surface area (Å²) in [6.45, 7) is 0. The Bertz CT molecular complexity index is 536. The molecular weight excluding hydrogens is 437 g/mol. The third kappa shape index (κ3) is 2.81. The van der Waals surface area contributed by atoms with E-state index < -0.39 is 6.04 Å². The molecule has 0 aliphatic rings. The zero-order valence-electron chi connectivity index (χ0n) is 8.38. The van der Waals surface area contributed by atoms with Gasteiger partial charge in [-0.15, -0.1) is 11.3 Å². The molecule has 0 radical (unpaired) electrons. The van der Waals surface area contributed by atoms with Gasteiger partial charge in [0.25, 0.3) is 0 Å². The maximum atomic E-state index is 13.9. The first kappa shape index (κ1) is 13.7. The Kier molecular flexibility index (Phi) is 4.41. The van der Waals surface area contributed by atoms with Crippen LogP contribution in [0.4, 0.5) is 4.39 Å². The molecule has 2 N–H and O–H groups in total. The van der Waals surface area contributed by atoms with Gasteiger partial charge in [0.05, 0.1) is 14.3 Å². The van der Waals surface area contributed by atoms with Crippen molar-refractivity contribution in [1.82, 2.24) is 0 Å². The number of thiophene rings is 1. The third-order valence-electron chi connectivity index (χ3n) is 2.29. The Morgan fingerprint density at radius 3 is 2.47 bits per heavy atom. The van der Waals surface area contributed by atoms with Gasteiger partial charge in [-0.2, -0.15) is 0 Å². The quantitative estimate of drug-likeness (QED) is 0.676. The van der Waals surface area contributed by atoms with Crippen LogP contribution in [0.15, 0.2) is 37.0 Å². The summed E-state index contributed by atoms with van der Waals surface area (Å²) in [7, 11) is 0. The maximum Gasteiger partial charge on any atom is 0.142 e. The molecule has 2 aromatic rings. The van der Waals surface area contributed by atoms with Gasteiger partial charge >= 0.3 is 0 Å². The van der Waals surface area contributed by atoms with E-state index in [9.17, 15) is 4.39 Å². The minimum atomic E-state index is -0.458. The van der Waals surface area contributed by atoms with E-state index in [1.54, 1.807) is 18.2 Å². The van der Waals surface area contributed by atoms with Gasteiger partial charge in [-0.1, -0.05) is 12.1 Å². The van der Waals surface area contributed by atoms with Crippen LogP contribution >= 0.6 is 59.1 Å². The molecule has 0 amide bonds. The van der Waals surface area contributed by atoms with E-state index >= 15 is 0 Å². The normalized spacial score (nSPS) is 12.8. The Balaban J connectivity index is 2.43. The summed E-state index contributed by atoms with van der Waals surface area (Å²) in [5, 5.41) is 0. The average molecular weight is 444 g/mol. The number of rotatable bonds is 2. The van der Waals surface area contributed by atoms with Gasteiger partial charge in [0.1, 0.15) is 5.82 Å². The summed E-state index contributed by atoms with van der Waals surface area (Å²) >= 11 is 11.5. The highest BCUT2D eigenvalue weighted by Gasteiger charge is 2.18. The first-order chi connectivity index (χ1) is 8.00. The van der Waals surface area contributed by atoms with Crippen molar-refractivity contribution in [1.29, 1.82) is 0 Å². The van der Waals surface area contributed by atoms with E-state index in [0.29, 0.717) is 10.0 Å². The van der Waals surface area contributed by atoms with Crippen LogP contribution in [0.25, 0.3) is 0 Å². The second kappa shape index (κ2) is 5.48. The lowest BCUT2D eigenvalue weighted by Gasteiger charge is -2.11. The Hall–Kier alpha value is 0.250. The fraction of sp³-hybridized carbons (Fsp3) is 0.0909. The van der Waals surface area contributed by atoms with Gasteiger partial charge in [0.15, 0.2) is 0 Å². The zero-order valence-corrected chi connectivity index (χ0v) is 14.0. The number of nitrogens with two attached hydrogens (primary N) is 1. The molecule has 0 bridgehead atoms. The lowest BCUT2D eigenvalue weighted by Crippen LogP contribution is -2.12. The second-order valence-corrected chi connectivity index (χ2v) is 7.50. The summed E-state index contributed by atoms with van der Waals surface area (Å²) in [5.41, 5.74) is 6.56. The van der Waals surface area contributed by atoms with E-state index in [1.165, 1.54) is 11.3 Å². The van der Waals surface area contributed by atoms with Crippen molar-refractivity contribution >= 4 is 59.1 Å². The van der Waals surface area contributed by atoms with Crippen LogP contribution < -0.4 is 5.73 Å². The van der Waals surface area contributed by atoms with Crippen LogP contribution in [0.5, 0.6) is 0 Å².